The summed E-state index contributed by atoms with van der Waals surface area (Å²) >= 11 is 0. The Hall–Kier alpha value is -2.70. The number of nitrogens with zero attached hydrogens (tertiary/aromatic N) is 4. The number of ether oxygens (including phenoxy) is 2. The van der Waals surface area contributed by atoms with E-state index in [0.717, 1.165) is 56.6 Å². The maximum absolute atomic E-state index is 5.83. The van der Waals surface area contributed by atoms with Crippen molar-refractivity contribution in [3.05, 3.63) is 48.3 Å². The Morgan fingerprint density at radius 2 is 1.88 bits per heavy atom. The summed E-state index contributed by atoms with van der Waals surface area (Å²) in [6.07, 6.45) is 9.84. The predicted molar refractivity (Wildman–Crippen MR) is 136 cm³/mol. The van der Waals surface area contributed by atoms with Crippen LogP contribution in [0.4, 0.5) is 5.69 Å². The molecule has 1 spiro atoms. The number of benzene rings is 1. The quantitative estimate of drug-likeness (QED) is 0.480. The highest BCUT2D eigenvalue weighted by Gasteiger charge is 2.48. The molecule has 6 nitrogen and oxygen atoms in total. The second-order valence-corrected chi connectivity index (χ2v) is 10.4. The molecule has 1 saturated carbocycles. The first-order valence-corrected chi connectivity index (χ1v) is 12.6. The molecule has 3 aromatic rings. The molecule has 4 heterocycles. The zero-order chi connectivity index (χ0) is 23.1. The molecule has 0 atom stereocenters. The first-order chi connectivity index (χ1) is 16.6. The van der Waals surface area contributed by atoms with E-state index in [4.69, 9.17) is 14.5 Å². The van der Waals surface area contributed by atoms with Crippen LogP contribution in [0.5, 0.6) is 5.88 Å². The number of anilines is 1. The molecule has 6 heteroatoms. The molecule has 0 N–H and O–H groups in total. The van der Waals surface area contributed by atoms with E-state index in [0.29, 0.717) is 18.5 Å². The standard InChI is InChI=1S/C28H34N4O2/c1-31(2)12-3-13-34-26-9-5-21(17-30-26)20-4-8-24-23(16-20)27-25(18-29-24)32(22-6-7-22)19-28(27)10-14-33-15-11-28/h4-5,8-9,16-18,22H,3,6-7,10-15,19H2,1-2H3. The van der Waals surface area contributed by atoms with E-state index < -0.39 is 0 Å². The van der Waals surface area contributed by atoms with Gasteiger partial charge in [-0.3, -0.25) is 4.98 Å². The third kappa shape index (κ3) is 4.03. The third-order valence-corrected chi connectivity index (χ3v) is 7.67. The van der Waals surface area contributed by atoms with Crippen LogP contribution in [-0.2, 0) is 10.2 Å². The SMILES string of the molecule is CN(C)CCCOc1ccc(-c2ccc3ncc4c(c3c2)C2(CCOCC2)CN4C2CC2)cn1. The Bertz CT molecular complexity index is 1170. The second-order valence-electron chi connectivity index (χ2n) is 10.4. The summed E-state index contributed by atoms with van der Waals surface area (Å²) in [6, 6.07) is 11.5. The van der Waals surface area contributed by atoms with Gasteiger partial charge < -0.3 is 19.3 Å². The van der Waals surface area contributed by atoms with Gasteiger partial charge in [0.25, 0.3) is 0 Å². The van der Waals surface area contributed by atoms with Crippen molar-refractivity contribution < 1.29 is 9.47 Å². The Morgan fingerprint density at radius 3 is 2.62 bits per heavy atom. The van der Waals surface area contributed by atoms with E-state index in [9.17, 15) is 0 Å². The minimum Gasteiger partial charge on any atom is -0.478 e. The van der Waals surface area contributed by atoms with Gasteiger partial charge in [-0.25, -0.2) is 4.98 Å². The number of hydrogen-bond acceptors (Lipinski definition) is 6. The van der Waals surface area contributed by atoms with Gasteiger partial charge in [-0.2, -0.15) is 0 Å². The molecule has 6 rings (SSSR count). The Balaban J connectivity index is 1.32. The van der Waals surface area contributed by atoms with Gasteiger partial charge in [0.2, 0.25) is 5.88 Å². The van der Waals surface area contributed by atoms with Crippen LogP contribution in [0.1, 0.15) is 37.7 Å². The summed E-state index contributed by atoms with van der Waals surface area (Å²) in [5, 5.41) is 1.30. The lowest BCUT2D eigenvalue weighted by atomic mass is 9.74. The molecule has 34 heavy (non-hydrogen) atoms. The molecule has 1 aromatic carbocycles. The summed E-state index contributed by atoms with van der Waals surface area (Å²) in [5.41, 5.74) is 6.41. The highest BCUT2D eigenvalue weighted by molar-refractivity contribution is 5.93. The number of pyridine rings is 2. The fraction of sp³-hybridized carbons (Fsp3) is 0.500. The number of aromatic nitrogens is 2. The monoisotopic (exact) mass is 458 g/mol. The lowest BCUT2D eigenvalue weighted by Crippen LogP contribution is -2.39. The van der Waals surface area contributed by atoms with Crippen molar-refractivity contribution in [2.45, 2.75) is 43.6 Å². The number of hydrogen-bond donors (Lipinski definition) is 0. The first-order valence-electron chi connectivity index (χ1n) is 12.6. The predicted octanol–water partition coefficient (Wildman–Crippen LogP) is 4.66. The lowest BCUT2D eigenvalue weighted by molar-refractivity contribution is 0.0557. The summed E-state index contributed by atoms with van der Waals surface area (Å²) in [5.74, 6) is 0.687. The number of fused-ring (bicyclic) bond motifs is 4. The van der Waals surface area contributed by atoms with Crippen molar-refractivity contribution >= 4 is 16.6 Å². The van der Waals surface area contributed by atoms with Gasteiger partial charge >= 0.3 is 0 Å². The fourth-order valence-electron chi connectivity index (χ4n) is 5.70. The van der Waals surface area contributed by atoms with Crippen LogP contribution in [0.2, 0.25) is 0 Å². The van der Waals surface area contributed by atoms with Crippen LogP contribution in [0.25, 0.3) is 22.0 Å². The molecule has 1 aliphatic carbocycles. The molecule has 3 aliphatic rings. The largest absolute Gasteiger partial charge is 0.478 e. The minimum atomic E-state index is 0.179. The first kappa shape index (κ1) is 21.8. The minimum absolute atomic E-state index is 0.179. The Labute approximate surface area is 201 Å². The molecular weight excluding hydrogens is 424 g/mol. The van der Waals surface area contributed by atoms with Crippen molar-refractivity contribution in [2.24, 2.45) is 0 Å². The molecule has 0 amide bonds. The molecule has 178 valence electrons. The molecular formula is C28H34N4O2. The summed E-state index contributed by atoms with van der Waals surface area (Å²) in [4.78, 5) is 14.3. The molecule has 2 fully saturated rings. The molecule has 0 bridgehead atoms. The third-order valence-electron chi connectivity index (χ3n) is 7.67. The van der Waals surface area contributed by atoms with Gasteiger partial charge in [0, 0.05) is 61.0 Å². The summed E-state index contributed by atoms with van der Waals surface area (Å²) < 4.78 is 11.6. The Kier molecular flexibility index (Phi) is 5.66. The van der Waals surface area contributed by atoms with E-state index in [-0.39, 0.29) is 5.41 Å². The smallest absolute Gasteiger partial charge is 0.213 e. The Morgan fingerprint density at radius 1 is 1.06 bits per heavy atom. The lowest BCUT2D eigenvalue weighted by Gasteiger charge is -2.35. The normalized spacial score (nSPS) is 19.2. The average Bonchev–Trinajstić information content (AvgIpc) is 3.66. The summed E-state index contributed by atoms with van der Waals surface area (Å²) in [7, 11) is 4.16. The topological polar surface area (TPSA) is 50.7 Å². The number of rotatable bonds is 7. The molecule has 2 aromatic heterocycles. The summed E-state index contributed by atoms with van der Waals surface area (Å²) in [6.45, 7) is 4.51. The van der Waals surface area contributed by atoms with Gasteiger partial charge in [-0.15, -0.1) is 0 Å². The van der Waals surface area contributed by atoms with E-state index in [1.54, 1.807) is 0 Å². The van der Waals surface area contributed by atoms with E-state index in [1.807, 2.05) is 12.3 Å². The van der Waals surface area contributed by atoms with Crippen molar-refractivity contribution in [3.8, 4) is 17.0 Å². The maximum Gasteiger partial charge on any atom is 0.213 e. The van der Waals surface area contributed by atoms with Crippen molar-refractivity contribution in [1.29, 1.82) is 0 Å². The molecule has 0 unspecified atom stereocenters. The molecule has 2 aliphatic heterocycles. The zero-order valence-electron chi connectivity index (χ0n) is 20.3. The fourth-order valence-corrected chi connectivity index (χ4v) is 5.70. The van der Waals surface area contributed by atoms with Crippen LogP contribution in [-0.4, -0.2) is 67.9 Å². The molecule has 0 radical (unpaired) electrons. The van der Waals surface area contributed by atoms with E-state index >= 15 is 0 Å². The van der Waals surface area contributed by atoms with Gasteiger partial charge in [-0.1, -0.05) is 6.07 Å². The van der Waals surface area contributed by atoms with Crippen LogP contribution in [0.3, 0.4) is 0 Å². The van der Waals surface area contributed by atoms with Gasteiger partial charge in [0.05, 0.1) is 24.0 Å². The van der Waals surface area contributed by atoms with Gasteiger partial charge in [-0.05, 0) is 75.5 Å². The zero-order valence-corrected chi connectivity index (χ0v) is 20.3. The van der Waals surface area contributed by atoms with Crippen LogP contribution < -0.4 is 9.64 Å². The van der Waals surface area contributed by atoms with Gasteiger partial charge in [0.1, 0.15) is 0 Å². The van der Waals surface area contributed by atoms with E-state index in [1.165, 1.54) is 35.0 Å². The van der Waals surface area contributed by atoms with Crippen molar-refractivity contribution in [2.75, 3.05) is 51.9 Å². The van der Waals surface area contributed by atoms with Crippen LogP contribution >= 0.6 is 0 Å². The average molecular weight is 459 g/mol. The van der Waals surface area contributed by atoms with Crippen molar-refractivity contribution in [3.63, 3.8) is 0 Å². The van der Waals surface area contributed by atoms with Gasteiger partial charge in [0.15, 0.2) is 0 Å². The van der Waals surface area contributed by atoms with Crippen molar-refractivity contribution in [1.82, 2.24) is 14.9 Å². The molecule has 1 saturated heterocycles. The van der Waals surface area contributed by atoms with Crippen LogP contribution in [0, 0.1) is 0 Å². The second kappa shape index (κ2) is 8.82. The highest BCUT2D eigenvalue weighted by atomic mass is 16.5. The van der Waals surface area contributed by atoms with E-state index in [2.05, 4.69) is 59.3 Å². The highest BCUT2D eigenvalue weighted by Crippen LogP contribution is 2.52. The van der Waals surface area contributed by atoms with Crippen LogP contribution in [0.15, 0.2) is 42.7 Å². The maximum atomic E-state index is 5.83.